The van der Waals surface area contributed by atoms with E-state index in [2.05, 4.69) is 37.6 Å². The summed E-state index contributed by atoms with van der Waals surface area (Å²) >= 11 is 3.45. The molecule has 0 fully saturated rings. The lowest BCUT2D eigenvalue weighted by Crippen LogP contribution is -2.81. The highest BCUT2D eigenvalue weighted by atomic mass is 79.9. The van der Waals surface area contributed by atoms with Crippen LogP contribution in [-0.2, 0) is 6.54 Å². The van der Waals surface area contributed by atoms with E-state index in [9.17, 15) is 52.7 Å². The molecule has 2 nitrogen and oxygen atoms in total. The first-order valence-corrected chi connectivity index (χ1v) is 16.1. The molecule has 0 amide bonds. The minimum Gasteiger partial charge on any atom is -0.251 e. The first-order chi connectivity index (χ1) is 27.6. The molecule has 0 aliphatic heterocycles. The van der Waals surface area contributed by atoms with Crippen LogP contribution in [0.4, 0.5) is 87.8 Å². The van der Waals surface area contributed by atoms with Gasteiger partial charge in [0.05, 0.1) is 6.20 Å². The third-order valence-electron chi connectivity index (χ3n) is 8.69. The number of hydrogen-bond donors (Lipinski definition) is 0. The fourth-order valence-electron chi connectivity index (χ4n) is 6.15. The molecule has 310 valence electrons. The molecule has 6 rings (SSSR count). The van der Waals surface area contributed by atoms with E-state index in [1.807, 2.05) is 24.4 Å². The molecular weight excluding hydrogens is 919 g/mol. The quantitative estimate of drug-likeness (QED) is 0.0544. The Hall–Kier alpha value is -5.68. The van der Waals surface area contributed by atoms with Crippen molar-refractivity contribution in [2.24, 2.45) is 0 Å². The Morgan fingerprint density at radius 2 is 0.644 bits per heavy atom. The van der Waals surface area contributed by atoms with Gasteiger partial charge in [0.2, 0.25) is 0 Å². The Bertz CT molecular complexity index is 2280. The molecular formula is C35H10BBrF20N2. The van der Waals surface area contributed by atoms with Gasteiger partial charge in [-0.05, 0) is 0 Å². The number of nitrogens with zero attached hydrogens (tertiary/aromatic N) is 2. The molecule has 59 heavy (non-hydrogen) atoms. The van der Waals surface area contributed by atoms with Gasteiger partial charge in [-0.1, -0.05) is 30.3 Å². The van der Waals surface area contributed by atoms with Crippen molar-refractivity contribution in [3.63, 3.8) is 0 Å². The molecule has 0 atom stereocenters. The predicted octanol–water partition coefficient (Wildman–Crippen LogP) is 8.03. The molecule has 0 radical (unpaired) electrons. The van der Waals surface area contributed by atoms with Gasteiger partial charge in [0.1, 0.15) is 58.9 Å². The second-order valence-electron chi connectivity index (χ2n) is 11.8. The van der Waals surface area contributed by atoms with Crippen LogP contribution in [0.1, 0.15) is 5.56 Å². The highest BCUT2D eigenvalue weighted by Gasteiger charge is 2.52. The summed E-state index contributed by atoms with van der Waals surface area (Å²) in [5, 5.41) is 0. The van der Waals surface area contributed by atoms with Gasteiger partial charge < -0.3 is 0 Å². The summed E-state index contributed by atoms with van der Waals surface area (Å²) in [6.45, 7) is 0.865. The van der Waals surface area contributed by atoms with E-state index >= 15 is 35.1 Å². The van der Waals surface area contributed by atoms with Crippen molar-refractivity contribution in [2.75, 3.05) is 0 Å². The zero-order chi connectivity index (χ0) is 44.2. The van der Waals surface area contributed by atoms with Crippen molar-refractivity contribution in [2.45, 2.75) is 6.54 Å². The summed E-state index contributed by atoms with van der Waals surface area (Å²) < 4.78 is 297. The molecule has 0 unspecified atom stereocenters. The molecule has 0 bridgehead atoms. The highest BCUT2D eigenvalue weighted by Crippen LogP contribution is 2.30. The molecule has 0 aliphatic carbocycles. The van der Waals surface area contributed by atoms with E-state index in [1.165, 1.54) is 5.56 Å². The maximum atomic E-state index is 15.4. The standard InChI is InChI=1S/C24BF20.C11H10BrN2/c26-5-1(6(27)14(35)21(42)13(5)34)25(2-7(28)15(36)22(43)16(37)8(2)29,3-9(30)17(38)23(44)18(39)10(3)31)4-11(32)19(40)24(45)20(41)12(4)33;12-11-8-13-6-7-14(11)9-10-4-2-1-3-5-10/h;1-8H,9H2/q-1;+1. The molecule has 0 saturated heterocycles. The largest absolute Gasteiger partial charge is 0.266 e. The minimum absolute atomic E-state index is 0.865. The van der Waals surface area contributed by atoms with Crippen LogP contribution < -0.4 is 26.4 Å². The van der Waals surface area contributed by atoms with Gasteiger partial charge >= 0.3 is 0 Å². The number of hydrogen-bond acceptors (Lipinski definition) is 1. The van der Waals surface area contributed by atoms with Crippen LogP contribution >= 0.6 is 15.9 Å². The average molecular weight is 929 g/mol. The SMILES string of the molecule is Brc1cncc[n+]1Cc1ccccc1.Fc1c(F)c(F)c([B-](c2c(F)c(F)c(F)c(F)c2F)(c2c(F)c(F)c(F)c(F)c2F)c2c(F)c(F)c(F)c(F)c2F)c(F)c1F. The van der Waals surface area contributed by atoms with E-state index in [0.29, 0.717) is 0 Å². The van der Waals surface area contributed by atoms with E-state index in [4.69, 9.17) is 0 Å². The molecule has 0 spiro atoms. The second-order valence-corrected chi connectivity index (χ2v) is 12.6. The molecule has 0 saturated carbocycles. The smallest absolute Gasteiger partial charge is 0.251 e. The van der Waals surface area contributed by atoms with E-state index in [1.54, 1.807) is 12.4 Å². The molecule has 1 heterocycles. The maximum Gasteiger partial charge on any atom is 0.266 e. The van der Waals surface area contributed by atoms with Gasteiger partial charge in [0, 0.05) is 21.5 Å². The van der Waals surface area contributed by atoms with E-state index < -0.39 is 144 Å². The Balaban J connectivity index is 0.000000395. The van der Waals surface area contributed by atoms with Crippen LogP contribution in [0.25, 0.3) is 0 Å². The summed E-state index contributed by atoms with van der Waals surface area (Å²) in [6.07, 6.45) is -1.68. The van der Waals surface area contributed by atoms with Crippen molar-refractivity contribution >= 4 is 43.9 Å². The van der Waals surface area contributed by atoms with Crippen molar-refractivity contribution in [3.8, 4) is 0 Å². The summed E-state index contributed by atoms with van der Waals surface area (Å²) in [5.41, 5.74) is -13.0. The first-order valence-electron chi connectivity index (χ1n) is 15.3. The lowest BCUT2D eigenvalue weighted by atomic mass is 9.12. The fraction of sp³-hybridized carbons (Fsp3) is 0.0286. The van der Waals surface area contributed by atoms with Crippen molar-refractivity contribution in [3.05, 3.63) is 175 Å². The third kappa shape index (κ3) is 7.03. The van der Waals surface area contributed by atoms with Gasteiger partial charge in [0.25, 0.3) is 4.60 Å². The van der Waals surface area contributed by atoms with Gasteiger partial charge in [-0.15, -0.1) is 21.9 Å². The third-order valence-corrected chi connectivity index (χ3v) is 9.35. The Morgan fingerprint density at radius 3 is 0.898 bits per heavy atom. The number of aromatic nitrogens is 2. The fourth-order valence-corrected chi connectivity index (χ4v) is 6.51. The van der Waals surface area contributed by atoms with Gasteiger partial charge in [-0.25, -0.2) is 87.8 Å². The lowest BCUT2D eigenvalue weighted by Gasteiger charge is -2.44. The van der Waals surface area contributed by atoms with E-state index in [-0.39, 0.29) is 0 Å². The normalized spacial score (nSPS) is 11.5. The van der Waals surface area contributed by atoms with Crippen molar-refractivity contribution in [1.29, 1.82) is 0 Å². The van der Waals surface area contributed by atoms with Crippen LogP contribution in [0.15, 0.2) is 53.5 Å². The molecule has 0 aliphatic rings. The Kier molecular flexibility index (Phi) is 12.4. The van der Waals surface area contributed by atoms with Crippen LogP contribution in [0, 0.1) is 116 Å². The number of halogens is 21. The number of rotatable bonds is 6. The zero-order valence-electron chi connectivity index (χ0n) is 27.7. The Morgan fingerprint density at radius 1 is 0.390 bits per heavy atom. The molecule has 0 N–H and O–H groups in total. The summed E-state index contributed by atoms with van der Waals surface area (Å²) in [6, 6.07) is 10.3. The van der Waals surface area contributed by atoms with Gasteiger partial charge in [-0.2, -0.15) is 4.57 Å². The lowest BCUT2D eigenvalue weighted by molar-refractivity contribution is -0.699. The minimum atomic E-state index is -7.22. The Labute approximate surface area is 323 Å². The van der Waals surface area contributed by atoms with Gasteiger partial charge in [-0.3, -0.25) is 4.98 Å². The van der Waals surface area contributed by atoms with Crippen LogP contribution in [0.2, 0.25) is 0 Å². The van der Waals surface area contributed by atoms with E-state index in [0.717, 1.165) is 11.1 Å². The molecule has 6 aromatic rings. The summed E-state index contributed by atoms with van der Waals surface area (Å²) in [7, 11) is 0. The maximum absolute atomic E-state index is 15.4. The molecule has 24 heteroatoms. The summed E-state index contributed by atoms with van der Waals surface area (Å²) in [5.74, 6) is -71.4. The molecule has 5 aromatic carbocycles. The topological polar surface area (TPSA) is 16.8 Å². The average Bonchev–Trinajstić information content (AvgIpc) is 3.22. The first kappa shape index (κ1) is 44.4. The van der Waals surface area contributed by atoms with Crippen LogP contribution in [0.5, 0.6) is 0 Å². The van der Waals surface area contributed by atoms with Crippen molar-refractivity contribution < 1.29 is 92.4 Å². The van der Waals surface area contributed by atoms with Crippen LogP contribution in [-0.4, -0.2) is 11.1 Å². The zero-order valence-corrected chi connectivity index (χ0v) is 29.3. The van der Waals surface area contributed by atoms with Crippen LogP contribution in [0.3, 0.4) is 0 Å². The highest BCUT2D eigenvalue weighted by molar-refractivity contribution is 9.10. The molecule has 1 aromatic heterocycles. The predicted molar refractivity (Wildman–Crippen MR) is 167 cm³/mol. The van der Waals surface area contributed by atoms with Gasteiger partial charge in [0.15, 0.2) is 82.5 Å². The monoisotopic (exact) mass is 928 g/mol. The number of benzene rings is 5. The summed E-state index contributed by atoms with van der Waals surface area (Å²) in [4.78, 5) is 4.02. The van der Waals surface area contributed by atoms with Crippen molar-refractivity contribution in [1.82, 2.24) is 4.98 Å². The second kappa shape index (κ2) is 16.5.